The van der Waals surface area contributed by atoms with E-state index in [2.05, 4.69) is 19.9 Å². The van der Waals surface area contributed by atoms with Gasteiger partial charge in [0, 0.05) is 0 Å². The van der Waals surface area contributed by atoms with Crippen LogP contribution in [0.2, 0.25) is 0 Å². The number of ether oxygens (including phenoxy) is 1. The summed E-state index contributed by atoms with van der Waals surface area (Å²) in [5, 5.41) is 8.76. The molecule has 0 aliphatic rings. The van der Waals surface area contributed by atoms with Gasteiger partial charge in [0.25, 0.3) is 0 Å². The van der Waals surface area contributed by atoms with Crippen LogP contribution in [0.4, 0.5) is 0 Å². The predicted octanol–water partition coefficient (Wildman–Crippen LogP) is 3.91. The van der Waals surface area contributed by atoms with Crippen LogP contribution in [0, 0.1) is 19.8 Å². The number of hydrogen-bond acceptors (Lipinski definition) is 3. The number of aryl methyl sites for hydroxylation is 2. The van der Waals surface area contributed by atoms with Gasteiger partial charge in [0.15, 0.2) is 0 Å². The molecule has 112 valence electrons. The minimum absolute atomic E-state index is 0.151. The van der Waals surface area contributed by atoms with E-state index >= 15 is 0 Å². The number of aliphatic carboxylic acids is 1. The van der Waals surface area contributed by atoms with Gasteiger partial charge in [0.05, 0.1) is 6.61 Å². The van der Waals surface area contributed by atoms with Gasteiger partial charge in [0.2, 0.25) is 0 Å². The molecule has 3 nitrogen and oxygen atoms in total. The van der Waals surface area contributed by atoms with Gasteiger partial charge < -0.3 is 9.84 Å². The third-order valence-corrected chi connectivity index (χ3v) is 4.53. The Labute approximate surface area is 125 Å². The van der Waals surface area contributed by atoms with Crippen molar-refractivity contribution in [1.29, 1.82) is 0 Å². The molecule has 1 atom stereocenters. The Balaban J connectivity index is 2.29. The maximum atomic E-state index is 11.0. The van der Waals surface area contributed by atoms with Gasteiger partial charge >= 0.3 is 5.97 Å². The summed E-state index contributed by atoms with van der Waals surface area (Å²) in [6, 6.07) is 6.16. The van der Waals surface area contributed by atoms with E-state index in [9.17, 15) is 4.79 Å². The molecule has 1 N–H and O–H groups in total. The largest absolute Gasteiger partial charge is 0.494 e. The lowest BCUT2D eigenvalue weighted by Gasteiger charge is -2.15. The minimum Gasteiger partial charge on any atom is -0.494 e. The van der Waals surface area contributed by atoms with Crippen LogP contribution in [0.1, 0.15) is 31.4 Å². The smallest absolute Gasteiger partial charge is 0.316 e. The lowest BCUT2D eigenvalue weighted by molar-refractivity contribution is -0.137. The quantitative estimate of drug-likeness (QED) is 0.739. The molecule has 0 bridgehead atoms. The van der Waals surface area contributed by atoms with Crippen LogP contribution in [-0.2, 0) is 4.79 Å². The second-order valence-electron chi connectivity index (χ2n) is 5.40. The first-order chi connectivity index (χ1) is 9.40. The maximum absolute atomic E-state index is 11.0. The minimum atomic E-state index is -0.722. The average Bonchev–Trinajstić information content (AvgIpc) is 2.31. The number of thioether (sulfide) groups is 1. The summed E-state index contributed by atoms with van der Waals surface area (Å²) in [7, 11) is 0. The van der Waals surface area contributed by atoms with E-state index in [4.69, 9.17) is 9.84 Å². The van der Waals surface area contributed by atoms with Crippen molar-refractivity contribution in [2.24, 2.45) is 5.92 Å². The van der Waals surface area contributed by atoms with Gasteiger partial charge in [-0.1, -0.05) is 19.9 Å². The van der Waals surface area contributed by atoms with E-state index in [1.165, 1.54) is 22.9 Å². The van der Waals surface area contributed by atoms with Gasteiger partial charge in [0.1, 0.15) is 11.0 Å². The molecule has 1 aromatic carbocycles. The van der Waals surface area contributed by atoms with Crippen molar-refractivity contribution >= 4 is 17.7 Å². The van der Waals surface area contributed by atoms with Crippen LogP contribution in [0.5, 0.6) is 5.75 Å². The van der Waals surface area contributed by atoms with Crippen molar-refractivity contribution in [3.8, 4) is 5.75 Å². The molecule has 0 saturated heterocycles. The fourth-order valence-corrected chi connectivity index (χ4v) is 3.09. The first kappa shape index (κ1) is 16.9. The van der Waals surface area contributed by atoms with Gasteiger partial charge in [-0.15, -0.1) is 11.8 Å². The number of rotatable bonds is 8. The zero-order valence-corrected chi connectivity index (χ0v) is 13.5. The summed E-state index contributed by atoms with van der Waals surface area (Å²) in [5.41, 5.74) is 2.39. The zero-order chi connectivity index (χ0) is 15.1. The van der Waals surface area contributed by atoms with Crippen LogP contribution in [-0.4, -0.2) is 28.7 Å². The van der Waals surface area contributed by atoms with E-state index in [0.29, 0.717) is 6.61 Å². The number of carbonyl (C=O) groups is 1. The van der Waals surface area contributed by atoms with Crippen molar-refractivity contribution in [2.45, 2.75) is 39.4 Å². The van der Waals surface area contributed by atoms with E-state index in [0.717, 1.165) is 17.9 Å². The second-order valence-corrected chi connectivity index (χ2v) is 6.65. The average molecular weight is 296 g/mol. The van der Waals surface area contributed by atoms with Crippen LogP contribution in [0.3, 0.4) is 0 Å². The lowest BCUT2D eigenvalue weighted by Crippen LogP contribution is -2.23. The molecule has 4 heteroatoms. The molecule has 0 radical (unpaired) electrons. The number of benzene rings is 1. The van der Waals surface area contributed by atoms with Crippen molar-refractivity contribution in [3.05, 3.63) is 29.3 Å². The molecule has 1 unspecified atom stereocenters. The van der Waals surface area contributed by atoms with Gasteiger partial charge in [-0.2, -0.15) is 0 Å². The van der Waals surface area contributed by atoms with Crippen molar-refractivity contribution in [3.63, 3.8) is 0 Å². The van der Waals surface area contributed by atoms with Gasteiger partial charge in [-0.25, -0.2) is 0 Å². The SMILES string of the molecule is Cc1cc(C)cc(OCCCSC(C(=O)O)C(C)C)c1. The molecule has 0 heterocycles. The third-order valence-electron chi connectivity index (χ3n) is 2.90. The Morgan fingerprint density at radius 2 is 1.85 bits per heavy atom. The van der Waals surface area contributed by atoms with Crippen LogP contribution < -0.4 is 4.74 Å². The lowest BCUT2D eigenvalue weighted by atomic mass is 10.1. The number of hydrogen-bond donors (Lipinski definition) is 1. The van der Waals surface area contributed by atoms with Crippen molar-refractivity contribution in [1.82, 2.24) is 0 Å². The highest BCUT2D eigenvalue weighted by Crippen LogP contribution is 2.21. The molecular formula is C16H24O3S. The fourth-order valence-electron chi connectivity index (χ4n) is 2.02. The summed E-state index contributed by atoms with van der Waals surface area (Å²) in [4.78, 5) is 11.0. The van der Waals surface area contributed by atoms with Gasteiger partial charge in [-0.3, -0.25) is 4.79 Å². The molecule has 0 aliphatic heterocycles. The topological polar surface area (TPSA) is 46.5 Å². The molecule has 1 rings (SSSR count). The summed E-state index contributed by atoms with van der Waals surface area (Å²) in [5.74, 6) is 1.13. The van der Waals surface area contributed by atoms with Crippen molar-refractivity contribution < 1.29 is 14.6 Å². The Hall–Kier alpha value is -1.16. The van der Waals surface area contributed by atoms with Gasteiger partial charge in [-0.05, 0) is 55.2 Å². The second kappa shape index (κ2) is 8.20. The third kappa shape index (κ3) is 5.87. The predicted molar refractivity (Wildman–Crippen MR) is 84.7 cm³/mol. The summed E-state index contributed by atoms with van der Waals surface area (Å²) in [6.07, 6.45) is 0.855. The zero-order valence-electron chi connectivity index (χ0n) is 12.7. The van der Waals surface area contributed by atoms with E-state index in [1.54, 1.807) is 0 Å². The molecule has 1 aromatic rings. The maximum Gasteiger partial charge on any atom is 0.316 e. The summed E-state index contributed by atoms with van der Waals surface area (Å²) >= 11 is 1.50. The Morgan fingerprint density at radius 1 is 1.25 bits per heavy atom. The molecular weight excluding hydrogens is 272 g/mol. The van der Waals surface area contributed by atoms with Crippen LogP contribution in [0.15, 0.2) is 18.2 Å². The molecule has 0 saturated carbocycles. The highest BCUT2D eigenvalue weighted by molar-refractivity contribution is 8.00. The van der Waals surface area contributed by atoms with E-state index in [-0.39, 0.29) is 11.2 Å². The van der Waals surface area contributed by atoms with Crippen molar-refractivity contribution in [2.75, 3.05) is 12.4 Å². The highest BCUT2D eigenvalue weighted by Gasteiger charge is 2.21. The summed E-state index contributed by atoms with van der Waals surface area (Å²) in [6.45, 7) is 8.61. The Kier molecular flexibility index (Phi) is 6.93. The Morgan fingerprint density at radius 3 is 2.35 bits per heavy atom. The van der Waals surface area contributed by atoms with Crippen LogP contribution in [0.25, 0.3) is 0 Å². The number of carboxylic acids is 1. The molecule has 0 amide bonds. The molecule has 0 aromatic heterocycles. The fraction of sp³-hybridized carbons (Fsp3) is 0.562. The molecule has 0 aliphatic carbocycles. The van der Waals surface area contributed by atoms with Crippen LogP contribution >= 0.6 is 11.8 Å². The first-order valence-electron chi connectivity index (χ1n) is 6.95. The van der Waals surface area contributed by atoms with E-state index in [1.807, 2.05) is 26.0 Å². The highest BCUT2D eigenvalue weighted by atomic mass is 32.2. The monoisotopic (exact) mass is 296 g/mol. The van der Waals surface area contributed by atoms with E-state index < -0.39 is 5.97 Å². The molecule has 0 fully saturated rings. The molecule has 0 spiro atoms. The summed E-state index contributed by atoms with van der Waals surface area (Å²) < 4.78 is 5.71. The first-order valence-corrected chi connectivity index (χ1v) is 8.00. The normalized spacial score (nSPS) is 12.4. The Bertz CT molecular complexity index is 423. The molecule has 20 heavy (non-hydrogen) atoms. The number of carboxylic acid groups (broad SMARTS) is 1. The standard InChI is InChI=1S/C16H24O3S/c1-11(2)15(16(17)18)20-7-5-6-19-14-9-12(3)8-13(4)10-14/h8-11,15H,5-7H2,1-4H3,(H,17,18).